The molecule has 1 aliphatic rings. The summed E-state index contributed by atoms with van der Waals surface area (Å²) in [4.78, 5) is 38.2. The van der Waals surface area contributed by atoms with Crippen LogP contribution in [0.25, 0.3) is 0 Å². The molecule has 7 heteroatoms. The average molecular weight is 341 g/mol. The number of carboxylic acids is 1. The van der Waals surface area contributed by atoms with Crippen LogP contribution >= 0.6 is 0 Å². The minimum absolute atomic E-state index is 0.0512. The second kappa shape index (κ2) is 9.61. The molecule has 0 heterocycles. The Morgan fingerprint density at radius 2 is 1.79 bits per heavy atom. The van der Waals surface area contributed by atoms with Gasteiger partial charge in [-0.05, 0) is 38.5 Å². The standard InChI is InChI=1S/C17H31N3O4/c1-12-5-7-15(8-6-12)19(4)16(22)11-20(13(2)17(23)24)10-9-18-14(3)21/h12-13,15H,5-11H2,1-4H3,(H,18,21)(H,23,24). The predicted molar refractivity (Wildman–Crippen MR) is 91.5 cm³/mol. The van der Waals surface area contributed by atoms with Crippen molar-refractivity contribution in [1.82, 2.24) is 15.1 Å². The number of nitrogens with zero attached hydrogens (tertiary/aromatic N) is 2. The van der Waals surface area contributed by atoms with Crippen molar-refractivity contribution in [2.24, 2.45) is 5.92 Å². The van der Waals surface area contributed by atoms with E-state index in [9.17, 15) is 19.5 Å². The number of carbonyl (C=O) groups is 3. The molecule has 1 saturated carbocycles. The number of carbonyl (C=O) groups excluding carboxylic acids is 2. The van der Waals surface area contributed by atoms with E-state index in [1.807, 2.05) is 0 Å². The van der Waals surface area contributed by atoms with Crippen LogP contribution in [0.15, 0.2) is 0 Å². The van der Waals surface area contributed by atoms with Gasteiger partial charge in [0, 0.05) is 33.1 Å². The largest absolute Gasteiger partial charge is 0.480 e. The number of amides is 2. The zero-order valence-corrected chi connectivity index (χ0v) is 15.2. The molecule has 0 aromatic rings. The van der Waals surface area contributed by atoms with Crippen LogP contribution in [0.1, 0.15) is 46.5 Å². The Morgan fingerprint density at radius 3 is 2.29 bits per heavy atom. The van der Waals surface area contributed by atoms with Gasteiger partial charge < -0.3 is 15.3 Å². The lowest BCUT2D eigenvalue weighted by Gasteiger charge is -2.35. The van der Waals surface area contributed by atoms with E-state index in [1.165, 1.54) is 6.92 Å². The quantitative estimate of drug-likeness (QED) is 0.686. The van der Waals surface area contributed by atoms with Crippen molar-refractivity contribution in [2.75, 3.05) is 26.7 Å². The van der Waals surface area contributed by atoms with E-state index >= 15 is 0 Å². The van der Waals surface area contributed by atoms with Crippen LogP contribution in [0.5, 0.6) is 0 Å². The molecule has 1 fully saturated rings. The zero-order chi connectivity index (χ0) is 18.3. The van der Waals surface area contributed by atoms with Crippen molar-refractivity contribution in [3.8, 4) is 0 Å². The third kappa shape index (κ3) is 6.47. The summed E-state index contributed by atoms with van der Waals surface area (Å²) in [5.74, 6) is -0.492. The molecule has 0 spiro atoms. The molecule has 0 aromatic carbocycles. The molecule has 2 amide bonds. The number of likely N-dealkylation sites (N-methyl/N-ethyl adjacent to an activating group) is 1. The monoisotopic (exact) mass is 341 g/mol. The van der Waals surface area contributed by atoms with Gasteiger partial charge in [-0.1, -0.05) is 6.92 Å². The van der Waals surface area contributed by atoms with Crippen molar-refractivity contribution >= 4 is 17.8 Å². The molecule has 7 nitrogen and oxygen atoms in total. The van der Waals surface area contributed by atoms with Gasteiger partial charge in [0.1, 0.15) is 6.04 Å². The first-order chi connectivity index (χ1) is 11.2. The van der Waals surface area contributed by atoms with Crippen LogP contribution in [-0.2, 0) is 14.4 Å². The summed E-state index contributed by atoms with van der Waals surface area (Å²) in [6.07, 6.45) is 4.26. The van der Waals surface area contributed by atoms with Gasteiger partial charge in [-0.3, -0.25) is 19.3 Å². The third-order valence-electron chi connectivity index (χ3n) is 4.94. The molecule has 0 aromatic heterocycles. The Kier molecular flexibility index (Phi) is 8.18. The van der Waals surface area contributed by atoms with Gasteiger partial charge in [0.05, 0.1) is 6.54 Å². The first-order valence-electron chi connectivity index (χ1n) is 8.69. The van der Waals surface area contributed by atoms with Crippen LogP contribution in [-0.4, -0.2) is 71.5 Å². The summed E-state index contributed by atoms with van der Waals surface area (Å²) in [5, 5.41) is 11.9. The van der Waals surface area contributed by atoms with Crippen LogP contribution in [0.3, 0.4) is 0 Å². The molecular formula is C17H31N3O4. The first kappa shape index (κ1) is 20.4. The zero-order valence-electron chi connectivity index (χ0n) is 15.2. The second-order valence-electron chi connectivity index (χ2n) is 6.89. The van der Waals surface area contributed by atoms with E-state index in [2.05, 4.69) is 12.2 Å². The third-order valence-corrected chi connectivity index (χ3v) is 4.94. The molecule has 0 saturated heterocycles. The maximum Gasteiger partial charge on any atom is 0.320 e. The lowest BCUT2D eigenvalue weighted by atomic mass is 9.87. The Balaban J connectivity index is 2.61. The van der Waals surface area contributed by atoms with Crippen LogP contribution in [0.4, 0.5) is 0 Å². The van der Waals surface area contributed by atoms with Gasteiger partial charge in [0.15, 0.2) is 0 Å². The molecule has 1 aliphatic carbocycles. The highest BCUT2D eigenvalue weighted by Gasteiger charge is 2.28. The summed E-state index contributed by atoms with van der Waals surface area (Å²) < 4.78 is 0. The number of nitrogens with one attached hydrogen (secondary N) is 1. The SMILES string of the molecule is CC(=O)NCCN(CC(=O)N(C)C1CCC(C)CC1)C(C)C(=O)O. The molecule has 1 unspecified atom stereocenters. The fourth-order valence-electron chi connectivity index (χ4n) is 3.06. The maximum absolute atomic E-state index is 12.6. The molecular weight excluding hydrogens is 310 g/mol. The Hall–Kier alpha value is -1.63. The maximum atomic E-state index is 12.6. The normalized spacial score (nSPS) is 22.0. The Labute approximate surface area is 144 Å². The van der Waals surface area contributed by atoms with Gasteiger partial charge in [-0.15, -0.1) is 0 Å². The topological polar surface area (TPSA) is 90.0 Å². The number of rotatable bonds is 8. The fraction of sp³-hybridized carbons (Fsp3) is 0.824. The van der Waals surface area contributed by atoms with Crippen molar-refractivity contribution in [1.29, 1.82) is 0 Å². The highest BCUT2D eigenvalue weighted by atomic mass is 16.4. The van der Waals surface area contributed by atoms with E-state index < -0.39 is 12.0 Å². The number of aliphatic carboxylic acids is 1. The number of carboxylic acid groups (broad SMARTS) is 1. The van der Waals surface area contributed by atoms with E-state index in [0.717, 1.165) is 25.7 Å². The van der Waals surface area contributed by atoms with Gasteiger partial charge >= 0.3 is 5.97 Å². The van der Waals surface area contributed by atoms with E-state index in [1.54, 1.807) is 23.8 Å². The number of hydrogen-bond acceptors (Lipinski definition) is 4. The van der Waals surface area contributed by atoms with Crippen LogP contribution in [0.2, 0.25) is 0 Å². The average Bonchev–Trinajstić information content (AvgIpc) is 2.52. The van der Waals surface area contributed by atoms with Crippen LogP contribution < -0.4 is 5.32 Å². The summed E-state index contributed by atoms with van der Waals surface area (Å²) in [6.45, 7) is 5.91. The fourth-order valence-corrected chi connectivity index (χ4v) is 3.06. The summed E-state index contributed by atoms with van der Waals surface area (Å²) in [6, 6.07) is -0.534. The van der Waals surface area contributed by atoms with Crippen molar-refractivity contribution in [3.05, 3.63) is 0 Å². The second-order valence-corrected chi connectivity index (χ2v) is 6.89. The van der Waals surface area contributed by atoms with Crippen molar-refractivity contribution in [3.63, 3.8) is 0 Å². The predicted octanol–water partition coefficient (Wildman–Crippen LogP) is 0.935. The van der Waals surface area contributed by atoms with Crippen molar-refractivity contribution < 1.29 is 19.5 Å². The molecule has 1 atom stereocenters. The molecule has 24 heavy (non-hydrogen) atoms. The minimum Gasteiger partial charge on any atom is -0.480 e. The lowest BCUT2D eigenvalue weighted by molar-refractivity contribution is -0.144. The molecule has 0 radical (unpaired) electrons. The van der Waals surface area contributed by atoms with Gasteiger partial charge in [-0.25, -0.2) is 0 Å². The van der Waals surface area contributed by atoms with E-state index in [0.29, 0.717) is 19.0 Å². The molecule has 1 rings (SSSR count). The highest BCUT2D eigenvalue weighted by Crippen LogP contribution is 2.26. The summed E-state index contributed by atoms with van der Waals surface area (Å²) in [5.41, 5.74) is 0. The minimum atomic E-state index is -0.972. The lowest BCUT2D eigenvalue weighted by Crippen LogP contribution is -2.50. The Morgan fingerprint density at radius 1 is 1.21 bits per heavy atom. The highest BCUT2D eigenvalue weighted by molar-refractivity contribution is 5.80. The Bertz CT molecular complexity index is 447. The molecule has 0 bridgehead atoms. The number of hydrogen-bond donors (Lipinski definition) is 2. The van der Waals surface area contributed by atoms with Crippen LogP contribution in [0, 0.1) is 5.92 Å². The van der Waals surface area contributed by atoms with Gasteiger partial charge in [0.2, 0.25) is 11.8 Å². The molecule has 0 aliphatic heterocycles. The summed E-state index contributed by atoms with van der Waals surface area (Å²) >= 11 is 0. The smallest absolute Gasteiger partial charge is 0.320 e. The first-order valence-corrected chi connectivity index (χ1v) is 8.69. The van der Waals surface area contributed by atoms with E-state index in [-0.39, 0.29) is 24.4 Å². The molecule has 2 N–H and O–H groups in total. The van der Waals surface area contributed by atoms with Gasteiger partial charge in [-0.2, -0.15) is 0 Å². The van der Waals surface area contributed by atoms with E-state index in [4.69, 9.17) is 0 Å². The molecule has 138 valence electrons. The van der Waals surface area contributed by atoms with Crippen molar-refractivity contribution in [2.45, 2.75) is 58.5 Å². The van der Waals surface area contributed by atoms with Gasteiger partial charge in [0.25, 0.3) is 0 Å². The summed E-state index contributed by atoms with van der Waals surface area (Å²) in [7, 11) is 1.81.